The number of carbonyl (C=O) groups is 3. The zero-order valence-electron chi connectivity index (χ0n) is 22.3. The molecule has 10 nitrogen and oxygen atoms in total. The number of amides is 4. The van der Waals surface area contributed by atoms with Crippen LogP contribution in [0.15, 0.2) is 65.1 Å². The molecule has 3 aromatic rings. The number of benzene rings is 2. The second-order valence-corrected chi connectivity index (χ2v) is 10.4. The summed E-state index contributed by atoms with van der Waals surface area (Å²) in [5.41, 5.74) is 0.260. The van der Waals surface area contributed by atoms with Crippen LogP contribution in [0.2, 0.25) is 0 Å². The van der Waals surface area contributed by atoms with E-state index < -0.39 is 42.6 Å². The van der Waals surface area contributed by atoms with Crippen molar-refractivity contribution in [3.8, 4) is 17.2 Å². The zero-order valence-corrected chi connectivity index (χ0v) is 23.1. The highest BCUT2D eigenvalue weighted by molar-refractivity contribution is 7.12. The maximum atomic E-state index is 13.7. The number of urea groups is 1. The van der Waals surface area contributed by atoms with E-state index in [2.05, 4.69) is 15.2 Å². The summed E-state index contributed by atoms with van der Waals surface area (Å²) < 4.78 is 40.2. The molecular weight excluding hydrogens is 558 g/mol. The number of hydrogen-bond donors (Lipinski definition) is 1. The number of carbonyl (C=O) groups excluding carboxylic acids is 3. The van der Waals surface area contributed by atoms with Crippen LogP contribution in [0.1, 0.15) is 35.4 Å². The predicted octanol–water partition coefficient (Wildman–Crippen LogP) is 4.51. The number of thiophene rings is 1. The average molecular weight is 585 g/mol. The van der Waals surface area contributed by atoms with Gasteiger partial charge in [0.2, 0.25) is 0 Å². The summed E-state index contributed by atoms with van der Waals surface area (Å²) in [4.78, 5) is 41.8. The van der Waals surface area contributed by atoms with Gasteiger partial charge >= 0.3 is 12.6 Å². The second kappa shape index (κ2) is 11.2. The molecule has 0 aliphatic carbocycles. The quantitative estimate of drug-likeness (QED) is 0.371. The lowest BCUT2D eigenvalue weighted by Crippen LogP contribution is -2.43. The molecule has 2 aliphatic rings. The van der Waals surface area contributed by atoms with Crippen LogP contribution in [0.3, 0.4) is 0 Å². The van der Waals surface area contributed by atoms with Crippen molar-refractivity contribution in [2.75, 3.05) is 20.8 Å². The summed E-state index contributed by atoms with van der Waals surface area (Å²) in [6.07, 6.45) is 0.409. The lowest BCUT2D eigenvalue weighted by atomic mass is 9.92. The molecule has 0 bridgehead atoms. The van der Waals surface area contributed by atoms with Gasteiger partial charge in [-0.1, -0.05) is 24.3 Å². The van der Waals surface area contributed by atoms with Crippen LogP contribution in [0.5, 0.6) is 17.2 Å². The van der Waals surface area contributed by atoms with Crippen molar-refractivity contribution in [3.05, 3.63) is 76.0 Å². The van der Waals surface area contributed by atoms with Crippen molar-refractivity contribution in [2.24, 2.45) is 5.10 Å². The van der Waals surface area contributed by atoms with Gasteiger partial charge in [-0.15, -0.1) is 11.3 Å². The van der Waals surface area contributed by atoms with Crippen molar-refractivity contribution in [1.29, 1.82) is 0 Å². The van der Waals surface area contributed by atoms with Crippen LogP contribution in [0.25, 0.3) is 0 Å². The first-order chi connectivity index (χ1) is 19.6. The predicted molar refractivity (Wildman–Crippen MR) is 145 cm³/mol. The molecule has 5 rings (SSSR count). The third-order valence-corrected chi connectivity index (χ3v) is 7.91. The van der Waals surface area contributed by atoms with E-state index in [0.29, 0.717) is 29.2 Å². The van der Waals surface area contributed by atoms with Crippen molar-refractivity contribution in [3.63, 3.8) is 0 Å². The van der Waals surface area contributed by atoms with E-state index in [9.17, 15) is 23.2 Å². The van der Waals surface area contributed by atoms with E-state index in [1.54, 1.807) is 12.1 Å². The molecule has 13 heteroatoms. The van der Waals surface area contributed by atoms with Gasteiger partial charge in [-0.3, -0.25) is 14.5 Å². The summed E-state index contributed by atoms with van der Waals surface area (Å²) in [5, 5.41) is 10.4. The molecule has 2 aromatic carbocycles. The molecule has 4 amide bonds. The maximum Gasteiger partial charge on any atom is 0.387 e. The summed E-state index contributed by atoms with van der Waals surface area (Å²) in [5.74, 6) is -0.311. The fourth-order valence-electron chi connectivity index (χ4n) is 4.87. The monoisotopic (exact) mass is 584 g/mol. The molecule has 0 spiro atoms. The molecule has 214 valence electrons. The highest BCUT2D eigenvalue weighted by Gasteiger charge is 2.50. The molecule has 2 aliphatic heterocycles. The fraction of sp³-hybridized carbons (Fsp3) is 0.286. The number of ether oxygens (including phenoxy) is 3. The Morgan fingerprint density at radius 1 is 1.12 bits per heavy atom. The van der Waals surface area contributed by atoms with Crippen LogP contribution < -0.4 is 19.5 Å². The summed E-state index contributed by atoms with van der Waals surface area (Å²) >= 11 is 1.49. The zero-order chi connectivity index (χ0) is 29.3. The molecule has 1 aromatic heterocycles. The Morgan fingerprint density at radius 2 is 1.85 bits per heavy atom. The SMILES string of the molecule is COc1ccc([C@H]2CC(c3cccs3)=NN2C(=O)CN2C(=O)N[C@@](C)(c3ccc(OC(F)F)cc3)C2=O)cc1OC. The van der Waals surface area contributed by atoms with Crippen molar-refractivity contribution >= 4 is 34.9 Å². The van der Waals surface area contributed by atoms with Crippen LogP contribution in [0, 0.1) is 0 Å². The number of methoxy groups -OCH3 is 2. The lowest BCUT2D eigenvalue weighted by molar-refractivity contribution is -0.140. The molecule has 2 atom stereocenters. The van der Waals surface area contributed by atoms with E-state index in [1.807, 2.05) is 23.6 Å². The van der Waals surface area contributed by atoms with E-state index in [1.165, 1.54) is 61.8 Å². The summed E-state index contributed by atoms with van der Waals surface area (Å²) in [7, 11) is 3.04. The van der Waals surface area contributed by atoms with Gasteiger partial charge in [0.15, 0.2) is 11.5 Å². The molecule has 1 N–H and O–H groups in total. The van der Waals surface area contributed by atoms with Crippen LogP contribution >= 0.6 is 11.3 Å². The largest absolute Gasteiger partial charge is 0.493 e. The minimum atomic E-state index is -3.00. The highest BCUT2D eigenvalue weighted by Crippen LogP contribution is 2.38. The van der Waals surface area contributed by atoms with E-state index in [4.69, 9.17) is 9.47 Å². The smallest absolute Gasteiger partial charge is 0.387 e. The molecule has 0 saturated carbocycles. The van der Waals surface area contributed by atoms with Gasteiger partial charge in [-0.2, -0.15) is 13.9 Å². The lowest BCUT2D eigenvalue weighted by Gasteiger charge is -2.25. The molecule has 41 heavy (non-hydrogen) atoms. The van der Waals surface area contributed by atoms with E-state index in [0.717, 1.165) is 15.3 Å². The van der Waals surface area contributed by atoms with Crippen LogP contribution in [-0.2, 0) is 15.1 Å². The number of imide groups is 1. The Bertz CT molecular complexity index is 1500. The number of nitrogens with one attached hydrogen (secondary N) is 1. The van der Waals surface area contributed by atoms with Gasteiger partial charge in [0.05, 0.1) is 30.9 Å². The van der Waals surface area contributed by atoms with Crippen molar-refractivity contribution < 1.29 is 37.4 Å². The Balaban J connectivity index is 1.40. The number of nitrogens with zero attached hydrogens (tertiary/aromatic N) is 3. The van der Waals surface area contributed by atoms with Crippen LogP contribution in [0.4, 0.5) is 13.6 Å². The molecule has 1 fully saturated rings. The Kier molecular flexibility index (Phi) is 7.63. The van der Waals surface area contributed by atoms with Crippen molar-refractivity contribution in [2.45, 2.75) is 31.5 Å². The molecule has 0 radical (unpaired) electrons. The van der Waals surface area contributed by atoms with E-state index >= 15 is 0 Å². The molecule has 3 heterocycles. The number of halogens is 2. The minimum Gasteiger partial charge on any atom is -0.493 e. The first-order valence-corrected chi connectivity index (χ1v) is 13.4. The average Bonchev–Trinajstić information content (AvgIpc) is 3.69. The van der Waals surface area contributed by atoms with Crippen molar-refractivity contribution in [1.82, 2.24) is 15.2 Å². The standard InChI is InChI=1S/C28H26F2N4O6S/c1-28(17-7-9-18(10-8-17)40-26(29)30)25(36)33(27(37)31-28)15-24(35)34-20(14-19(32-34)23-5-4-12-41-23)16-6-11-21(38-2)22(13-16)39-3/h4-13,20,26H,14-15H2,1-3H3,(H,31,37)/t20-,28+/m1/s1. The fourth-order valence-corrected chi connectivity index (χ4v) is 5.59. The number of alkyl halides is 2. The summed E-state index contributed by atoms with van der Waals surface area (Å²) in [6, 6.07) is 13.2. The number of hydrogen-bond acceptors (Lipinski definition) is 8. The van der Waals surface area contributed by atoms with Gasteiger partial charge in [0.1, 0.15) is 17.8 Å². The molecular formula is C28H26F2N4O6S. The maximum absolute atomic E-state index is 13.7. The second-order valence-electron chi connectivity index (χ2n) is 9.45. The van der Waals surface area contributed by atoms with Crippen LogP contribution in [-0.4, -0.2) is 60.8 Å². The third-order valence-electron chi connectivity index (χ3n) is 6.99. The first kappa shape index (κ1) is 28.0. The van der Waals surface area contributed by atoms with Gasteiger partial charge < -0.3 is 19.5 Å². The topological polar surface area (TPSA) is 110 Å². The molecule has 1 saturated heterocycles. The Hall–Kier alpha value is -4.52. The Morgan fingerprint density at radius 3 is 2.49 bits per heavy atom. The third kappa shape index (κ3) is 5.32. The number of rotatable bonds is 9. The van der Waals surface area contributed by atoms with Gasteiger partial charge in [0.25, 0.3) is 11.8 Å². The molecule has 0 unspecified atom stereocenters. The first-order valence-electron chi connectivity index (χ1n) is 12.5. The minimum absolute atomic E-state index is 0.0919. The van der Waals surface area contributed by atoms with E-state index in [-0.39, 0.29) is 5.75 Å². The highest BCUT2D eigenvalue weighted by atomic mass is 32.1. The van der Waals surface area contributed by atoms with Gasteiger partial charge in [-0.25, -0.2) is 9.80 Å². The van der Waals surface area contributed by atoms with Gasteiger partial charge in [0, 0.05) is 6.42 Å². The normalized spacial score (nSPS) is 20.3. The summed E-state index contributed by atoms with van der Waals surface area (Å²) in [6.45, 7) is -2.07. The Labute approximate surface area is 238 Å². The number of hydrazone groups is 1. The van der Waals surface area contributed by atoms with Gasteiger partial charge in [-0.05, 0) is 53.8 Å².